The van der Waals surface area contributed by atoms with Gasteiger partial charge in [0.15, 0.2) is 5.78 Å². The van der Waals surface area contributed by atoms with E-state index < -0.39 is 6.09 Å². The van der Waals surface area contributed by atoms with Crippen LogP contribution in [0.4, 0.5) is 4.79 Å². The highest BCUT2D eigenvalue weighted by molar-refractivity contribution is 6.34. The van der Waals surface area contributed by atoms with Gasteiger partial charge in [-0.2, -0.15) is 0 Å². The highest BCUT2D eigenvalue weighted by Gasteiger charge is 2.44. The first kappa shape index (κ1) is 14.6. The Bertz CT molecular complexity index is 558. The number of ether oxygens (including phenoxy) is 1. The minimum atomic E-state index is -1.33. The van der Waals surface area contributed by atoms with Gasteiger partial charge in [-0.15, -0.1) is 0 Å². The van der Waals surface area contributed by atoms with E-state index in [0.29, 0.717) is 10.8 Å². The van der Waals surface area contributed by atoms with Crippen molar-refractivity contribution in [2.75, 3.05) is 20.2 Å². The SMILES string of the molecule is COc1ccc2c(c1Cl)C1CNCC1C2=O.NC(=O)O. The van der Waals surface area contributed by atoms with Crippen molar-refractivity contribution in [2.24, 2.45) is 11.7 Å². The average Bonchev–Trinajstić information content (AvgIpc) is 2.93. The molecule has 1 aliphatic heterocycles. The number of carboxylic acid groups (broad SMARTS) is 1. The number of nitrogens with two attached hydrogens (primary N) is 1. The number of carbonyl (C=O) groups is 2. The van der Waals surface area contributed by atoms with Crippen molar-refractivity contribution < 1.29 is 19.4 Å². The average molecular weight is 299 g/mol. The second kappa shape index (κ2) is 5.68. The van der Waals surface area contributed by atoms with Gasteiger partial charge in [-0.25, -0.2) is 4.79 Å². The minimum absolute atomic E-state index is 0.0691. The van der Waals surface area contributed by atoms with Crippen molar-refractivity contribution in [3.63, 3.8) is 0 Å². The quantitative estimate of drug-likeness (QED) is 0.729. The molecule has 1 fully saturated rings. The summed E-state index contributed by atoms with van der Waals surface area (Å²) in [6, 6.07) is 3.61. The molecule has 0 radical (unpaired) electrons. The zero-order chi connectivity index (χ0) is 14.9. The third kappa shape index (κ3) is 2.44. The number of hydrogen-bond acceptors (Lipinski definition) is 4. The smallest absolute Gasteiger partial charge is 0.402 e. The lowest BCUT2D eigenvalue weighted by Crippen LogP contribution is -2.15. The Hall–Kier alpha value is -1.79. The van der Waals surface area contributed by atoms with E-state index in [1.165, 1.54) is 0 Å². The number of benzene rings is 1. The number of primary amides is 1. The van der Waals surface area contributed by atoms with Crippen LogP contribution in [0.3, 0.4) is 0 Å². The van der Waals surface area contributed by atoms with Gasteiger partial charge in [0.1, 0.15) is 5.75 Å². The molecule has 0 aromatic heterocycles. The van der Waals surface area contributed by atoms with Crippen molar-refractivity contribution in [3.8, 4) is 5.75 Å². The lowest BCUT2D eigenvalue weighted by atomic mass is 9.96. The van der Waals surface area contributed by atoms with Crippen molar-refractivity contribution in [1.29, 1.82) is 0 Å². The van der Waals surface area contributed by atoms with E-state index in [4.69, 9.17) is 26.2 Å². The predicted molar refractivity (Wildman–Crippen MR) is 73.6 cm³/mol. The number of rotatable bonds is 1. The molecule has 4 N–H and O–H groups in total. The number of carbonyl (C=O) groups excluding carboxylic acids is 1. The van der Waals surface area contributed by atoms with E-state index in [9.17, 15) is 4.79 Å². The molecule has 0 bridgehead atoms. The molecule has 0 saturated carbocycles. The first-order valence-electron chi connectivity index (χ1n) is 6.07. The summed E-state index contributed by atoms with van der Waals surface area (Å²) in [4.78, 5) is 20.9. The Morgan fingerprint density at radius 3 is 2.65 bits per heavy atom. The largest absolute Gasteiger partial charge is 0.495 e. The van der Waals surface area contributed by atoms with E-state index >= 15 is 0 Å². The van der Waals surface area contributed by atoms with Crippen LogP contribution in [-0.4, -0.2) is 37.2 Å². The second-order valence-corrected chi connectivity index (χ2v) is 4.99. The summed E-state index contributed by atoms with van der Waals surface area (Å²) in [6.45, 7) is 1.59. The number of Topliss-reactive ketones (excluding diaryl/α,β-unsaturated/α-hetero) is 1. The molecular formula is C13H15ClN2O4. The van der Waals surface area contributed by atoms with Crippen LogP contribution in [-0.2, 0) is 0 Å². The van der Waals surface area contributed by atoms with Crippen LogP contribution in [0.5, 0.6) is 5.75 Å². The number of hydrogen-bond donors (Lipinski definition) is 3. The Labute approximate surface area is 120 Å². The van der Waals surface area contributed by atoms with Gasteiger partial charge < -0.3 is 20.9 Å². The van der Waals surface area contributed by atoms with Crippen LogP contribution >= 0.6 is 11.6 Å². The Balaban J connectivity index is 0.000000328. The highest BCUT2D eigenvalue weighted by Crippen LogP contribution is 2.46. The Morgan fingerprint density at radius 2 is 2.05 bits per heavy atom. The number of halogens is 1. The molecular weight excluding hydrogens is 284 g/mol. The number of amides is 1. The lowest BCUT2D eigenvalue weighted by Gasteiger charge is -2.11. The molecule has 1 heterocycles. The summed E-state index contributed by atoms with van der Waals surface area (Å²) in [6.07, 6.45) is -1.33. The maximum Gasteiger partial charge on any atom is 0.402 e. The standard InChI is InChI=1S/C12H12ClNO2.CH3NO2/c1-16-9-3-2-6-10(11(9)13)7-4-14-5-8(7)12(6)15;2-1(3)4/h2-3,7-8,14H,4-5H2,1H3;2H2,(H,3,4). The number of nitrogens with one attached hydrogen (secondary N) is 1. The molecule has 2 atom stereocenters. The summed E-state index contributed by atoms with van der Waals surface area (Å²) in [5.74, 6) is 1.17. The van der Waals surface area contributed by atoms with E-state index in [1.807, 2.05) is 6.07 Å². The number of methoxy groups -OCH3 is 1. The van der Waals surface area contributed by atoms with E-state index in [1.54, 1.807) is 13.2 Å². The zero-order valence-corrected chi connectivity index (χ0v) is 11.6. The molecule has 6 nitrogen and oxygen atoms in total. The molecule has 2 aliphatic rings. The fourth-order valence-corrected chi connectivity index (χ4v) is 3.15. The lowest BCUT2D eigenvalue weighted by molar-refractivity contribution is 0.0940. The third-order valence-electron chi connectivity index (χ3n) is 3.55. The van der Waals surface area contributed by atoms with E-state index in [-0.39, 0.29) is 17.6 Å². The monoisotopic (exact) mass is 298 g/mol. The van der Waals surface area contributed by atoms with Crippen molar-refractivity contribution >= 4 is 23.5 Å². The molecule has 1 aliphatic carbocycles. The fourth-order valence-electron chi connectivity index (χ4n) is 2.77. The number of fused-ring (bicyclic) bond motifs is 3. The molecule has 1 saturated heterocycles. The molecule has 1 aromatic carbocycles. The van der Waals surface area contributed by atoms with E-state index in [2.05, 4.69) is 11.1 Å². The van der Waals surface area contributed by atoms with Crippen molar-refractivity contribution in [2.45, 2.75) is 5.92 Å². The van der Waals surface area contributed by atoms with Gasteiger partial charge in [-0.1, -0.05) is 11.6 Å². The van der Waals surface area contributed by atoms with Crippen LogP contribution in [0.2, 0.25) is 5.02 Å². The summed E-state index contributed by atoms with van der Waals surface area (Å²) in [5.41, 5.74) is 5.78. The van der Waals surface area contributed by atoms with Gasteiger partial charge in [0.05, 0.1) is 12.1 Å². The molecule has 20 heavy (non-hydrogen) atoms. The normalized spacial score (nSPS) is 22.6. The highest BCUT2D eigenvalue weighted by atomic mass is 35.5. The van der Waals surface area contributed by atoms with Gasteiger partial charge in [-0.3, -0.25) is 4.79 Å². The first-order valence-corrected chi connectivity index (χ1v) is 6.44. The van der Waals surface area contributed by atoms with Crippen LogP contribution in [0, 0.1) is 5.92 Å². The van der Waals surface area contributed by atoms with Gasteiger partial charge >= 0.3 is 6.09 Å². The van der Waals surface area contributed by atoms with Crippen molar-refractivity contribution in [3.05, 3.63) is 28.3 Å². The Kier molecular flexibility index (Phi) is 4.15. The van der Waals surface area contributed by atoms with Gasteiger partial charge in [0, 0.05) is 30.5 Å². The molecule has 7 heteroatoms. The molecule has 108 valence electrons. The summed E-state index contributed by atoms with van der Waals surface area (Å²) >= 11 is 6.28. The van der Waals surface area contributed by atoms with Crippen LogP contribution < -0.4 is 15.8 Å². The molecule has 1 aromatic rings. The van der Waals surface area contributed by atoms with Crippen molar-refractivity contribution in [1.82, 2.24) is 5.32 Å². The van der Waals surface area contributed by atoms with Crippen LogP contribution in [0.25, 0.3) is 0 Å². The first-order chi connectivity index (χ1) is 9.47. The van der Waals surface area contributed by atoms with Crippen LogP contribution in [0.1, 0.15) is 21.8 Å². The molecule has 1 amide bonds. The zero-order valence-electron chi connectivity index (χ0n) is 10.9. The molecule has 2 unspecified atom stereocenters. The summed E-state index contributed by atoms with van der Waals surface area (Å²) in [7, 11) is 1.59. The number of ketones is 1. The molecule has 3 rings (SSSR count). The molecule has 0 spiro atoms. The second-order valence-electron chi connectivity index (χ2n) is 4.62. The predicted octanol–water partition coefficient (Wildman–Crippen LogP) is 1.47. The van der Waals surface area contributed by atoms with E-state index in [0.717, 1.165) is 24.2 Å². The fraction of sp³-hybridized carbons (Fsp3) is 0.385. The van der Waals surface area contributed by atoms with Crippen LogP contribution in [0.15, 0.2) is 12.1 Å². The van der Waals surface area contributed by atoms with Gasteiger partial charge in [0.25, 0.3) is 0 Å². The van der Waals surface area contributed by atoms with Gasteiger partial charge in [-0.05, 0) is 17.7 Å². The van der Waals surface area contributed by atoms with Gasteiger partial charge in [0.2, 0.25) is 0 Å². The summed E-state index contributed by atoms with van der Waals surface area (Å²) in [5, 5.41) is 11.0. The Morgan fingerprint density at radius 1 is 1.45 bits per heavy atom. The maximum atomic E-state index is 12.1. The maximum absolute atomic E-state index is 12.1. The topological polar surface area (TPSA) is 102 Å². The minimum Gasteiger partial charge on any atom is -0.495 e. The third-order valence-corrected chi connectivity index (χ3v) is 3.94. The summed E-state index contributed by atoms with van der Waals surface area (Å²) < 4.78 is 5.19.